The molecule has 8 heteroatoms. The maximum absolute atomic E-state index is 12.1. The third kappa shape index (κ3) is 3.25. The summed E-state index contributed by atoms with van der Waals surface area (Å²) in [4.78, 5) is 26.6. The van der Waals surface area contributed by atoms with Gasteiger partial charge in [-0.15, -0.1) is 0 Å². The number of nitro benzene ring substituents is 1. The summed E-state index contributed by atoms with van der Waals surface area (Å²) in [5.74, 6) is -0.628. The lowest BCUT2D eigenvalue weighted by Gasteiger charge is -2.23. The van der Waals surface area contributed by atoms with Gasteiger partial charge in [-0.1, -0.05) is 23.7 Å². The van der Waals surface area contributed by atoms with Gasteiger partial charge in [0.2, 0.25) is 0 Å². The summed E-state index contributed by atoms with van der Waals surface area (Å²) in [6, 6.07) is 5.92. The normalized spacial score (nSPS) is 17.6. The SMILES string of the molecule is CCOC(=O)C1=C(c2cccc([N+](=O)[O-])c2)NC(C)N=C1Cl. The van der Waals surface area contributed by atoms with Crippen molar-refractivity contribution in [3.8, 4) is 0 Å². The number of hydrogen-bond acceptors (Lipinski definition) is 6. The first-order valence-corrected chi connectivity index (χ1v) is 6.98. The number of esters is 1. The summed E-state index contributed by atoms with van der Waals surface area (Å²) in [6.45, 7) is 3.61. The third-order valence-corrected chi connectivity index (χ3v) is 3.23. The number of non-ortho nitro benzene ring substituents is 1. The van der Waals surface area contributed by atoms with Gasteiger partial charge in [-0.25, -0.2) is 9.79 Å². The Morgan fingerprint density at radius 1 is 1.55 bits per heavy atom. The maximum Gasteiger partial charge on any atom is 0.343 e. The Hall–Kier alpha value is -2.41. The fraction of sp³-hybridized carbons (Fsp3) is 0.286. The number of rotatable bonds is 4. The molecule has 1 aliphatic rings. The standard InChI is InChI=1S/C14H14ClN3O4/c1-3-22-14(19)11-12(16-8(2)17-13(11)15)9-5-4-6-10(7-9)18(20)21/h4-8,16H,3H2,1-2H3. The molecule has 116 valence electrons. The molecule has 1 atom stereocenters. The molecule has 0 aliphatic carbocycles. The van der Waals surface area contributed by atoms with Crippen LogP contribution in [0.25, 0.3) is 5.70 Å². The van der Waals surface area contributed by atoms with Crippen LogP contribution in [0.4, 0.5) is 5.69 Å². The number of ether oxygens (including phenoxy) is 1. The molecule has 1 aromatic rings. The Morgan fingerprint density at radius 2 is 2.27 bits per heavy atom. The molecule has 22 heavy (non-hydrogen) atoms. The molecule has 1 N–H and O–H groups in total. The van der Waals surface area contributed by atoms with Gasteiger partial charge in [-0.05, 0) is 13.8 Å². The Morgan fingerprint density at radius 3 is 2.91 bits per heavy atom. The second kappa shape index (κ2) is 6.57. The third-order valence-electron chi connectivity index (χ3n) is 2.94. The number of nitrogens with zero attached hydrogens (tertiary/aromatic N) is 2. The Balaban J connectivity index is 2.57. The van der Waals surface area contributed by atoms with Crippen LogP contribution in [0.2, 0.25) is 0 Å². The number of nitrogens with one attached hydrogen (secondary N) is 1. The highest BCUT2D eigenvalue weighted by Crippen LogP contribution is 2.27. The molecule has 1 aliphatic heterocycles. The molecule has 1 aromatic carbocycles. The lowest BCUT2D eigenvalue weighted by atomic mass is 10.0. The predicted octanol–water partition coefficient (Wildman–Crippen LogP) is 2.46. The zero-order valence-corrected chi connectivity index (χ0v) is 12.8. The molecule has 0 radical (unpaired) electrons. The Bertz CT molecular complexity index is 684. The van der Waals surface area contributed by atoms with Gasteiger partial charge >= 0.3 is 5.97 Å². The van der Waals surface area contributed by atoms with Crippen molar-refractivity contribution in [3.05, 3.63) is 45.5 Å². The van der Waals surface area contributed by atoms with Gasteiger partial charge in [0, 0.05) is 17.7 Å². The topological polar surface area (TPSA) is 93.8 Å². The van der Waals surface area contributed by atoms with Gasteiger partial charge in [0.15, 0.2) is 0 Å². The number of nitro groups is 1. The van der Waals surface area contributed by atoms with Crippen LogP contribution in [0.5, 0.6) is 0 Å². The zero-order chi connectivity index (χ0) is 16.3. The van der Waals surface area contributed by atoms with E-state index in [9.17, 15) is 14.9 Å². The molecule has 2 rings (SSSR count). The van der Waals surface area contributed by atoms with Gasteiger partial charge in [-0.3, -0.25) is 10.1 Å². The van der Waals surface area contributed by atoms with E-state index >= 15 is 0 Å². The van der Waals surface area contributed by atoms with E-state index in [-0.39, 0.29) is 29.2 Å². The van der Waals surface area contributed by atoms with Crippen molar-refractivity contribution in [2.75, 3.05) is 6.61 Å². The zero-order valence-electron chi connectivity index (χ0n) is 12.0. The molecule has 1 unspecified atom stereocenters. The van der Waals surface area contributed by atoms with Gasteiger partial charge in [-0.2, -0.15) is 0 Å². The number of halogens is 1. The van der Waals surface area contributed by atoms with E-state index in [4.69, 9.17) is 16.3 Å². The minimum atomic E-state index is -0.628. The molecule has 0 bridgehead atoms. The van der Waals surface area contributed by atoms with Crippen molar-refractivity contribution in [3.63, 3.8) is 0 Å². The van der Waals surface area contributed by atoms with Crippen molar-refractivity contribution in [1.29, 1.82) is 0 Å². The summed E-state index contributed by atoms with van der Waals surface area (Å²) in [6.07, 6.45) is -0.361. The smallest absolute Gasteiger partial charge is 0.343 e. The van der Waals surface area contributed by atoms with Crippen molar-refractivity contribution in [2.24, 2.45) is 4.99 Å². The van der Waals surface area contributed by atoms with Crippen molar-refractivity contribution in [1.82, 2.24) is 5.32 Å². The fourth-order valence-electron chi connectivity index (χ4n) is 2.04. The molecule has 0 saturated heterocycles. The molecule has 0 saturated carbocycles. The Kier molecular flexibility index (Phi) is 4.77. The molecule has 0 fully saturated rings. The first kappa shape index (κ1) is 16.0. The highest BCUT2D eigenvalue weighted by molar-refractivity contribution is 6.73. The average molecular weight is 324 g/mol. The first-order chi connectivity index (χ1) is 10.4. The molecule has 0 aromatic heterocycles. The molecule has 7 nitrogen and oxygen atoms in total. The molecular formula is C14H14ClN3O4. The van der Waals surface area contributed by atoms with Crippen molar-refractivity contribution >= 4 is 34.1 Å². The van der Waals surface area contributed by atoms with Gasteiger partial charge in [0.1, 0.15) is 16.9 Å². The van der Waals surface area contributed by atoms with E-state index in [1.54, 1.807) is 19.9 Å². The summed E-state index contributed by atoms with van der Waals surface area (Å²) >= 11 is 6.07. The molecule has 0 amide bonds. The number of carbonyl (C=O) groups is 1. The van der Waals surface area contributed by atoms with E-state index in [1.165, 1.54) is 18.2 Å². The second-order valence-electron chi connectivity index (χ2n) is 4.52. The van der Waals surface area contributed by atoms with Gasteiger partial charge in [0.25, 0.3) is 5.69 Å². The van der Waals surface area contributed by atoms with Crippen LogP contribution < -0.4 is 5.32 Å². The second-order valence-corrected chi connectivity index (χ2v) is 4.88. The monoisotopic (exact) mass is 323 g/mol. The summed E-state index contributed by atoms with van der Waals surface area (Å²) in [5, 5.41) is 13.9. The largest absolute Gasteiger partial charge is 0.462 e. The lowest BCUT2D eigenvalue weighted by Crippen LogP contribution is -2.32. The average Bonchev–Trinajstić information content (AvgIpc) is 2.46. The predicted molar refractivity (Wildman–Crippen MR) is 82.5 cm³/mol. The quantitative estimate of drug-likeness (QED) is 0.522. The van der Waals surface area contributed by atoms with Gasteiger partial charge < -0.3 is 10.1 Å². The summed E-state index contributed by atoms with van der Waals surface area (Å²) in [7, 11) is 0. The van der Waals surface area contributed by atoms with Crippen LogP contribution in [0, 0.1) is 10.1 Å². The highest BCUT2D eigenvalue weighted by atomic mass is 35.5. The van der Waals surface area contributed by atoms with Crippen LogP contribution >= 0.6 is 11.6 Å². The molecule has 0 spiro atoms. The fourth-order valence-corrected chi connectivity index (χ4v) is 2.36. The van der Waals surface area contributed by atoms with Crippen LogP contribution in [-0.4, -0.2) is 28.8 Å². The molecular weight excluding hydrogens is 310 g/mol. The van der Waals surface area contributed by atoms with Crippen molar-refractivity contribution < 1.29 is 14.5 Å². The van der Waals surface area contributed by atoms with E-state index < -0.39 is 10.9 Å². The minimum absolute atomic E-state index is 0.0196. The number of carbonyl (C=O) groups excluding carboxylic acids is 1. The van der Waals surface area contributed by atoms with E-state index in [0.29, 0.717) is 11.3 Å². The van der Waals surface area contributed by atoms with E-state index in [0.717, 1.165) is 0 Å². The molecule has 1 heterocycles. The van der Waals surface area contributed by atoms with E-state index in [1.807, 2.05) is 0 Å². The summed E-state index contributed by atoms with van der Waals surface area (Å²) < 4.78 is 4.98. The number of benzene rings is 1. The van der Waals surface area contributed by atoms with Crippen LogP contribution in [-0.2, 0) is 9.53 Å². The number of aliphatic imine (C=N–C) groups is 1. The van der Waals surface area contributed by atoms with Crippen LogP contribution in [0.15, 0.2) is 34.8 Å². The van der Waals surface area contributed by atoms with Crippen molar-refractivity contribution in [2.45, 2.75) is 20.0 Å². The highest BCUT2D eigenvalue weighted by Gasteiger charge is 2.28. The first-order valence-electron chi connectivity index (χ1n) is 6.60. The van der Waals surface area contributed by atoms with Gasteiger partial charge in [0.05, 0.1) is 17.2 Å². The van der Waals surface area contributed by atoms with E-state index in [2.05, 4.69) is 10.3 Å². The maximum atomic E-state index is 12.1. The number of hydrogen-bond donors (Lipinski definition) is 1. The summed E-state index contributed by atoms with van der Waals surface area (Å²) in [5.41, 5.74) is 0.829. The van der Waals surface area contributed by atoms with Crippen LogP contribution in [0.1, 0.15) is 19.4 Å². The Labute approximate surface area is 131 Å². The minimum Gasteiger partial charge on any atom is -0.462 e. The lowest BCUT2D eigenvalue weighted by molar-refractivity contribution is -0.384. The van der Waals surface area contributed by atoms with Crippen LogP contribution in [0.3, 0.4) is 0 Å².